The molecule has 1 aromatic heterocycles. The van der Waals surface area contributed by atoms with Crippen LogP contribution >= 0.6 is 0 Å². The maximum Gasteiger partial charge on any atom is 0.417 e. The Balaban J connectivity index is 1.99. The quantitative estimate of drug-likeness (QED) is 0.815. The summed E-state index contributed by atoms with van der Waals surface area (Å²) in [4.78, 5) is 26.4. The van der Waals surface area contributed by atoms with E-state index in [1.54, 1.807) is 0 Å². The number of aromatic amines is 1. The number of hydrogen-bond donors (Lipinski definition) is 1. The minimum atomic E-state index is -4.75. The van der Waals surface area contributed by atoms with Gasteiger partial charge in [0.05, 0.1) is 5.52 Å². The molecule has 9 heteroatoms. The number of halogens is 1. The van der Waals surface area contributed by atoms with Gasteiger partial charge in [0, 0.05) is 18.7 Å². The van der Waals surface area contributed by atoms with Crippen LogP contribution in [0.1, 0.15) is 6.42 Å². The Morgan fingerprint density at radius 2 is 2.10 bits per heavy atom. The number of carbonyl (C=O) groups is 1. The van der Waals surface area contributed by atoms with Crippen molar-refractivity contribution in [3.63, 3.8) is 0 Å². The van der Waals surface area contributed by atoms with E-state index in [0.29, 0.717) is 16.8 Å². The summed E-state index contributed by atoms with van der Waals surface area (Å²) in [6, 6.07) is 4.46. The molecule has 7 nitrogen and oxygen atoms in total. The Morgan fingerprint density at radius 1 is 1.35 bits per heavy atom. The van der Waals surface area contributed by atoms with E-state index in [9.17, 15) is 21.9 Å². The number of rotatable bonds is 2. The van der Waals surface area contributed by atoms with Crippen molar-refractivity contribution in [2.45, 2.75) is 11.7 Å². The van der Waals surface area contributed by atoms with E-state index in [0.717, 1.165) is 0 Å². The maximum atomic E-state index is 12.9. The monoisotopic (exact) mass is 300 g/mol. The van der Waals surface area contributed by atoms with Gasteiger partial charge in [-0.05, 0) is 18.2 Å². The lowest BCUT2D eigenvalue weighted by molar-refractivity contribution is -0.117. The highest BCUT2D eigenvalue weighted by molar-refractivity contribution is 7.87. The normalized spacial score (nSPS) is 19.9. The van der Waals surface area contributed by atoms with Gasteiger partial charge in [0.15, 0.2) is 5.58 Å². The number of nitrogens with one attached hydrogen (secondary N) is 1. The molecule has 1 N–H and O–H groups in total. The molecule has 0 aliphatic carbocycles. The molecular weight excluding hydrogens is 291 g/mol. The molecule has 1 atom stereocenters. The summed E-state index contributed by atoms with van der Waals surface area (Å²) in [6.45, 7) is -0.245. The summed E-state index contributed by atoms with van der Waals surface area (Å²) in [5.41, 5.74) is 1.08. The number of aromatic nitrogens is 1. The van der Waals surface area contributed by atoms with Crippen molar-refractivity contribution >= 4 is 32.9 Å². The van der Waals surface area contributed by atoms with Gasteiger partial charge in [0.25, 0.3) is 0 Å². The Kier molecular flexibility index (Phi) is 2.68. The minimum absolute atomic E-state index is 0.245. The lowest BCUT2D eigenvalue weighted by Gasteiger charge is -2.15. The number of H-pyrrole nitrogens is 1. The number of fused-ring (bicyclic) bond motifs is 1. The molecule has 1 fully saturated rings. The lowest BCUT2D eigenvalue weighted by atomic mass is 10.2. The Morgan fingerprint density at radius 3 is 2.75 bits per heavy atom. The van der Waals surface area contributed by atoms with Gasteiger partial charge < -0.3 is 9.32 Å². The number of carbonyl (C=O) groups excluding carboxylic acids is 1. The van der Waals surface area contributed by atoms with Crippen LogP contribution in [0.25, 0.3) is 11.1 Å². The summed E-state index contributed by atoms with van der Waals surface area (Å²) in [5.74, 6) is -1.12. The summed E-state index contributed by atoms with van der Waals surface area (Å²) in [7, 11) is -4.75. The Hall–Kier alpha value is -2.16. The van der Waals surface area contributed by atoms with Crippen molar-refractivity contribution in [3.8, 4) is 0 Å². The van der Waals surface area contributed by atoms with Crippen molar-refractivity contribution in [3.05, 3.63) is 28.7 Å². The van der Waals surface area contributed by atoms with Crippen LogP contribution in [0, 0.1) is 0 Å². The molecule has 1 unspecified atom stereocenters. The van der Waals surface area contributed by atoms with Crippen molar-refractivity contribution in [1.82, 2.24) is 4.98 Å². The smallest absolute Gasteiger partial charge is 0.408 e. The van der Waals surface area contributed by atoms with E-state index in [1.165, 1.54) is 23.1 Å². The van der Waals surface area contributed by atoms with Crippen molar-refractivity contribution in [2.75, 3.05) is 11.4 Å². The van der Waals surface area contributed by atoms with E-state index in [1.807, 2.05) is 0 Å². The van der Waals surface area contributed by atoms with Crippen molar-refractivity contribution in [2.24, 2.45) is 0 Å². The van der Waals surface area contributed by atoms with Gasteiger partial charge in [0.2, 0.25) is 5.91 Å². The number of benzene rings is 1. The molecular formula is C11H9FN2O5S. The first-order valence-corrected chi connectivity index (χ1v) is 7.16. The first-order chi connectivity index (χ1) is 9.34. The maximum absolute atomic E-state index is 12.9. The van der Waals surface area contributed by atoms with Crippen LogP contribution in [0.2, 0.25) is 0 Å². The molecule has 0 radical (unpaired) electrons. The molecule has 1 aliphatic rings. The topological polar surface area (TPSA) is 100 Å². The third-order valence-electron chi connectivity index (χ3n) is 3.20. The summed E-state index contributed by atoms with van der Waals surface area (Å²) >= 11 is 0. The zero-order chi connectivity index (χ0) is 14.5. The second kappa shape index (κ2) is 4.17. The first kappa shape index (κ1) is 12.9. The van der Waals surface area contributed by atoms with Gasteiger partial charge >= 0.3 is 16.0 Å². The molecule has 1 amide bonds. The number of amides is 1. The molecule has 3 rings (SSSR count). The van der Waals surface area contributed by atoms with Gasteiger partial charge in [0.1, 0.15) is 5.25 Å². The number of anilines is 1. The van der Waals surface area contributed by atoms with Gasteiger partial charge in [-0.2, -0.15) is 8.42 Å². The number of nitrogens with zero attached hydrogens (tertiary/aromatic N) is 1. The predicted octanol–water partition coefficient (Wildman–Crippen LogP) is 0.526. The average molecular weight is 300 g/mol. The van der Waals surface area contributed by atoms with Crippen LogP contribution in [-0.4, -0.2) is 31.1 Å². The number of hydrogen-bond acceptors (Lipinski definition) is 5. The molecule has 2 heterocycles. The van der Waals surface area contributed by atoms with Gasteiger partial charge in [-0.25, -0.2) is 4.79 Å². The average Bonchev–Trinajstić information content (AvgIpc) is 2.89. The molecule has 1 aromatic carbocycles. The standard InChI is InChI=1S/C11H9FN2O5S/c12-20(17,18)7-4-10(15)14(5-7)6-1-2-9-8(3-6)13-11(16)19-9/h1-3,7H,4-5H2,(H,13,16). The van der Waals surface area contributed by atoms with Gasteiger partial charge in [-0.1, -0.05) is 0 Å². The van der Waals surface area contributed by atoms with E-state index in [-0.39, 0.29) is 6.54 Å². The summed E-state index contributed by atoms with van der Waals surface area (Å²) < 4.78 is 39.5. The molecule has 0 spiro atoms. The fourth-order valence-electron chi connectivity index (χ4n) is 2.22. The highest BCUT2D eigenvalue weighted by Crippen LogP contribution is 2.27. The second-order valence-electron chi connectivity index (χ2n) is 4.50. The van der Waals surface area contributed by atoms with Crippen molar-refractivity contribution in [1.29, 1.82) is 0 Å². The van der Waals surface area contributed by atoms with Crippen LogP contribution < -0.4 is 10.7 Å². The molecule has 106 valence electrons. The zero-order valence-electron chi connectivity index (χ0n) is 10.00. The minimum Gasteiger partial charge on any atom is -0.408 e. The first-order valence-electron chi connectivity index (χ1n) is 5.71. The van der Waals surface area contributed by atoms with E-state index >= 15 is 0 Å². The van der Waals surface area contributed by atoms with Crippen LogP contribution in [0.3, 0.4) is 0 Å². The van der Waals surface area contributed by atoms with Crippen LogP contribution in [0.15, 0.2) is 27.4 Å². The van der Waals surface area contributed by atoms with Gasteiger partial charge in [-0.15, -0.1) is 3.89 Å². The van der Waals surface area contributed by atoms with Crippen LogP contribution in [-0.2, 0) is 15.0 Å². The Labute approximate surface area is 112 Å². The number of oxazole rings is 1. The van der Waals surface area contributed by atoms with Crippen LogP contribution in [0.5, 0.6) is 0 Å². The van der Waals surface area contributed by atoms with E-state index in [4.69, 9.17) is 4.42 Å². The summed E-state index contributed by atoms with van der Waals surface area (Å²) in [5, 5.41) is -1.35. The lowest BCUT2D eigenvalue weighted by Crippen LogP contribution is -2.26. The summed E-state index contributed by atoms with van der Waals surface area (Å²) in [6.07, 6.45) is -0.390. The zero-order valence-corrected chi connectivity index (χ0v) is 10.8. The highest BCUT2D eigenvalue weighted by atomic mass is 32.3. The third-order valence-corrected chi connectivity index (χ3v) is 4.31. The fourth-order valence-corrected chi connectivity index (χ4v) is 2.89. The van der Waals surface area contributed by atoms with Gasteiger partial charge in [-0.3, -0.25) is 9.78 Å². The van der Waals surface area contributed by atoms with E-state index < -0.39 is 33.6 Å². The largest absolute Gasteiger partial charge is 0.417 e. The Bertz CT molecular complexity index is 853. The SMILES string of the molecule is O=C1CC(S(=O)(=O)F)CN1c1ccc2oc(=O)[nH]c2c1. The van der Waals surface area contributed by atoms with Crippen LogP contribution in [0.4, 0.5) is 9.57 Å². The third kappa shape index (κ3) is 2.09. The molecule has 0 bridgehead atoms. The second-order valence-corrected chi connectivity index (χ2v) is 6.12. The predicted molar refractivity (Wildman–Crippen MR) is 67.6 cm³/mol. The molecule has 1 saturated heterocycles. The molecule has 1 aliphatic heterocycles. The highest BCUT2D eigenvalue weighted by Gasteiger charge is 2.39. The molecule has 20 heavy (non-hydrogen) atoms. The fraction of sp³-hybridized carbons (Fsp3) is 0.273. The molecule has 2 aromatic rings. The van der Waals surface area contributed by atoms with E-state index in [2.05, 4.69) is 4.98 Å². The molecule has 0 saturated carbocycles. The van der Waals surface area contributed by atoms with Crippen molar-refractivity contribution < 1.29 is 21.5 Å².